The van der Waals surface area contributed by atoms with Crippen LogP contribution in [0, 0.1) is 0 Å². The van der Waals surface area contributed by atoms with Crippen molar-refractivity contribution in [1.82, 2.24) is 0 Å². The fourth-order valence-corrected chi connectivity index (χ4v) is 3.62. The molecule has 1 fully saturated rings. The molecule has 1 aliphatic rings. The Morgan fingerprint density at radius 1 is 1.23 bits per heavy atom. The molecule has 0 aliphatic carbocycles. The van der Waals surface area contributed by atoms with Gasteiger partial charge in [-0.25, -0.2) is 0 Å². The zero-order chi connectivity index (χ0) is 18.3. The molecule has 1 atom stereocenters. The molecule has 0 N–H and O–H groups in total. The highest BCUT2D eigenvalue weighted by Gasteiger charge is 2.22. The maximum Gasteiger partial charge on any atom is 0.205 e. The largest absolute Gasteiger partial charge is 0.490 e. The van der Waals surface area contributed by atoms with Gasteiger partial charge in [-0.2, -0.15) is 0 Å². The summed E-state index contributed by atoms with van der Waals surface area (Å²) in [5, 5.41) is 0.679. The summed E-state index contributed by atoms with van der Waals surface area (Å²) in [4.78, 5) is 13.0. The van der Waals surface area contributed by atoms with E-state index < -0.39 is 0 Å². The van der Waals surface area contributed by atoms with Gasteiger partial charge in [-0.3, -0.25) is 4.79 Å². The van der Waals surface area contributed by atoms with E-state index in [9.17, 15) is 4.79 Å². The molecule has 1 unspecified atom stereocenters. The molecule has 2 aromatic carbocycles. The summed E-state index contributed by atoms with van der Waals surface area (Å²) in [6.07, 6.45) is 1.03. The van der Waals surface area contributed by atoms with E-state index in [1.807, 2.05) is 6.07 Å². The van der Waals surface area contributed by atoms with Crippen LogP contribution in [0.5, 0.6) is 5.75 Å². The third-order valence-electron chi connectivity index (χ3n) is 4.26. The van der Waals surface area contributed by atoms with Crippen LogP contribution in [0.15, 0.2) is 50.1 Å². The Morgan fingerprint density at radius 3 is 2.77 bits per heavy atom. The minimum absolute atomic E-state index is 0.0253. The molecule has 0 spiro atoms. The number of fused-ring (bicyclic) bond motifs is 1. The summed E-state index contributed by atoms with van der Waals surface area (Å²) in [6, 6.07) is 10.4. The Balaban J connectivity index is 1.85. The molecule has 1 aromatic heterocycles. The van der Waals surface area contributed by atoms with Crippen molar-refractivity contribution in [3.63, 3.8) is 0 Å². The highest BCUT2D eigenvalue weighted by atomic mass is 79.9. The lowest BCUT2D eigenvalue weighted by Gasteiger charge is -2.26. The maximum absolute atomic E-state index is 13.0. The second-order valence-corrected chi connectivity index (χ2v) is 7.60. The summed E-state index contributed by atoms with van der Waals surface area (Å²) in [6.45, 7) is 1.16. The number of halogens is 3. The van der Waals surface area contributed by atoms with Crippen molar-refractivity contribution >= 4 is 50.1 Å². The SMILES string of the molecule is O=c1c(-c2ccc(Br)cc2OCC2CCO2)c(Cl)oc2c(Cl)cccc12. The van der Waals surface area contributed by atoms with Crippen LogP contribution in [0.3, 0.4) is 0 Å². The van der Waals surface area contributed by atoms with Crippen LogP contribution in [0.1, 0.15) is 6.42 Å². The zero-order valence-electron chi connectivity index (χ0n) is 13.4. The van der Waals surface area contributed by atoms with Crippen molar-refractivity contribution in [2.45, 2.75) is 12.5 Å². The summed E-state index contributed by atoms with van der Waals surface area (Å²) in [5.41, 5.74) is 0.827. The predicted octanol–water partition coefficient (Wildman–Crippen LogP) is 5.70. The molecule has 0 bridgehead atoms. The molecular formula is C19H13BrCl2O4. The highest BCUT2D eigenvalue weighted by molar-refractivity contribution is 9.10. The van der Waals surface area contributed by atoms with Crippen molar-refractivity contribution in [3.05, 3.63) is 61.3 Å². The Morgan fingerprint density at radius 2 is 2.04 bits per heavy atom. The number of para-hydroxylation sites is 1. The lowest BCUT2D eigenvalue weighted by atomic mass is 10.0. The van der Waals surface area contributed by atoms with Crippen LogP contribution in [0.25, 0.3) is 22.1 Å². The molecule has 2 heterocycles. The Labute approximate surface area is 167 Å². The first-order chi connectivity index (χ1) is 12.5. The predicted molar refractivity (Wildman–Crippen MR) is 105 cm³/mol. The van der Waals surface area contributed by atoms with E-state index in [1.54, 1.807) is 30.3 Å². The van der Waals surface area contributed by atoms with Crippen molar-refractivity contribution in [3.8, 4) is 16.9 Å². The molecule has 1 aliphatic heterocycles. The van der Waals surface area contributed by atoms with Crippen molar-refractivity contribution in [2.24, 2.45) is 0 Å². The molecule has 3 aromatic rings. The van der Waals surface area contributed by atoms with Crippen LogP contribution in [0.2, 0.25) is 10.2 Å². The topological polar surface area (TPSA) is 48.7 Å². The monoisotopic (exact) mass is 454 g/mol. The number of hydrogen-bond donors (Lipinski definition) is 0. The number of rotatable bonds is 4. The Bertz CT molecular complexity index is 1040. The number of hydrogen-bond acceptors (Lipinski definition) is 4. The van der Waals surface area contributed by atoms with Gasteiger partial charge in [-0.1, -0.05) is 33.6 Å². The maximum atomic E-state index is 13.0. The van der Waals surface area contributed by atoms with Crippen LogP contribution in [0.4, 0.5) is 0 Å². The minimum Gasteiger partial charge on any atom is -0.490 e. The summed E-state index contributed by atoms with van der Waals surface area (Å²) in [7, 11) is 0. The van der Waals surface area contributed by atoms with Gasteiger partial charge in [-0.15, -0.1) is 0 Å². The zero-order valence-corrected chi connectivity index (χ0v) is 16.5. The lowest BCUT2D eigenvalue weighted by Crippen LogP contribution is -2.32. The molecule has 7 heteroatoms. The van der Waals surface area contributed by atoms with Gasteiger partial charge in [0.05, 0.1) is 22.1 Å². The fraction of sp³-hybridized carbons (Fsp3) is 0.211. The van der Waals surface area contributed by atoms with Gasteiger partial charge in [0.15, 0.2) is 5.58 Å². The van der Waals surface area contributed by atoms with Crippen molar-refractivity contribution in [2.75, 3.05) is 13.2 Å². The van der Waals surface area contributed by atoms with E-state index in [4.69, 9.17) is 37.1 Å². The normalized spacial score (nSPS) is 16.5. The standard InChI is InChI=1S/C19H13BrCl2O4/c20-10-4-5-12(15(8-10)25-9-11-6-7-24-11)16-17(23)13-2-1-3-14(21)18(13)26-19(16)22/h1-5,8,11H,6-7,9H2. The first-order valence-corrected chi connectivity index (χ1v) is 9.54. The number of ether oxygens (including phenoxy) is 2. The van der Waals surface area contributed by atoms with E-state index in [1.165, 1.54) is 0 Å². The average molecular weight is 456 g/mol. The second kappa shape index (κ2) is 7.24. The molecule has 4 rings (SSSR count). The fourth-order valence-electron chi connectivity index (χ4n) is 2.80. The molecule has 26 heavy (non-hydrogen) atoms. The summed E-state index contributed by atoms with van der Waals surface area (Å²) >= 11 is 15.9. The molecular weight excluding hydrogens is 443 g/mol. The lowest BCUT2D eigenvalue weighted by molar-refractivity contribution is -0.0720. The smallest absolute Gasteiger partial charge is 0.205 e. The Hall–Kier alpha value is -1.53. The minimum atomic E-state index is -0.259. The van der Waals surface area contributed by atoms with Gasteiger partial charge < -0.3 is 13.9 Å². The van der Waals surface area contributed by atoms with Crippen molar-refractivity contribution in [1.29, 1.82) is 0 Å². The third kappa shape index (κ3) is 3.25. The van der Waals surface area contributed by atoms with Crippen LogP contribution in [-0.2, 0) is 4.74 Å². The van der Waals surface area contributed by atoms with Gasteiger partial charge in [0.25, 0.3) is 0 Å². The van der Waals surface area contributed by atoms with Crippen LogP contribution < -0.4 is 10.2 Å². The van der Waals surface area contributed by atoms with E-state index in [0.29, 0.717) is 28.3 Å². The molecule has 0 saturated carbocycles. The van der Waals surface area contributed by atoms with Gasteiger partial charge in [0, 0.05) is 23.1 Å². The summed E-state index contributed by atoms with van der Waals surface area (Å²) < 4.78 is 17.8. The molecule has 1 saturated heterocycles. The first kappa shape index (κ1) is 17.9. The van der Waals surface area contributed by atoms with Crippen LogP contribution >= 0.6 is 39.1 Å². The molecule has 0 amide bonds. The molecule has 134 valence electrons. The van der Waals surface area contributed by atoms with Gasteiger partial charge in [0.1, 0.15) is 12.4 Å². The molecule has 4 nitrogen and oxygen atoms in total. The molecule has 0 radical (unpaired) electrons. The van der Waals surface area contributed by atoms with Gasteiger partial charge in [-0.05, 0) is 41.9 Å². The Kier molecular flexibility index (Phi) is 4.97. The number of benzene rings is 2. The van der Waals surface area contributed by atoms with E-state index in [-0.39, 0.29) is 27.9 Å². The summed E-state index contributed by atoms with van der Waals surface area (Å²) in [5.74, 6) is 0.533. The van der Waals surface area contributed by atoms with Crippen molar-refractivity contribution < 1.29 is 13.9 Å². The third-order valence-corrected chi connectivity index (χ3v) is 5.32. The quantitative estimate of drug-likeness (QED) is 0.506. The van der Waals surface area contributed by atoms with Crippen LogP contribution in [-0.4, -0.2) is 19.3 Å². The average Bonchev–Trinajstić information content (AvgIpc) is 2.56. The van der Waals surface area contributed by atoms with E-state index in [2.05, 4.69) is 15.9 Å². The van der Waals surface area contributed by atoms with Gasteiger partial charge >= 0.3 is 0 Å². The van der Waals surface area contributed by atoms with E-state index in [0.717, 1.165) is 17.5 Å². The van der Waals surface area contributed by atoms with E-state index >= 15 is 0 Å². The second-order valence-electron chi connectivity index (χ2n) is 5.93. The highest BCUT2D eigenvalue weighted by Crippen LogP contribution is 2.37. The first-order valence-electron chi connectivity index (χ1n) is 8.00. The van der Waals surface area contributed by atoms with Gasteiger partial charge in [0.2, 0.25) is 10.6 Å².